The van der Waals surface area contributed by atoms with Crippen LogP contribution in [0.2, 0.25) is 5.15 Å². The summed E-state index contributed by atoms with van der Waals surface area (Å²) >= 11 is 6.18. The minimum absolute atomic E-state index is 0.633. The standard InChI is InChI=1S/C14H23ClN4/c1-3-19(4-2)10-6-9-16-14-17-12-8-5-7-11(12)13(15)18-14/h3-10H2,1-2H3,(H,16,17,18). The van der Waals surface area contributed by atoms with Gasteiger partial charge in [0.15, 0.2) is 0 Å². The number of fused-ring (bicyclic) bond motifs is 1. The third-order valence-electron chi connectivity index (χ3n) is 3.71. The van der Waals surface area contributed by atoms with Gasteiger partial charge >= 0.3 is 0 Å². The van der Waals surface area contributed by atoms with Gasteiger partial charge in [0.1, 0.15) is 5.15 Å². The van der Waals surface area contributed by atoms with Crippen LogP contribution in [0.3, 0.4) is 0 Å². The van der Waals surface area contributed by atoms with Crippen molar-refractivity contribution >= 4 is 17.5 Å². The molecule has 1 N–H and O–H groups in total. The second-order valence-electron chi connectivity index (χ2n) is 4.92. The largest absolute Gasteiger partial charge is 0.354 e. The van der Waals surface area contributed by atoms with E-state index in [0.29, 0.717) is 11.1 Å². The molecule has 0 fully saturated rings. The van der Waals surface area contributed by atoms with Gasteiger partial charge < -0.3 is 10.2 Å². The lowest BCUT2D eigenvalue weighted by molar-refractivity contribution is 0.303. The Labute approximate surface area is 120 Å². The fraction of sp³-hybridized carbons (Fsp3) is 0.714. The maximum atomic E-state index is 6.18. The Hall–Kier alpha value is -0.870. The van der Waals surface area contributed by atoms with E-state index in [1.807, 2.05) is 0 Å². The summed E-state index contributed by atoms with van der Waals surface area (Å²) in [6, 6.07) is 0. The molecule has 0 bridgehead atoms. The van der Waals surface area contributed by atoms with Crippen molar-refractivity contribution in [1.82, 2.24) is 14.9 Å². The van der Waals surface area contributed by atoms with E-state index in [2.05, 4.69) is 34.0 Å². The highest BCUT2D eigenvalue weighted by atomic mass is 35.5. The molecule has 106 valence electrons. The lowest BCUT2D eigenvalue weighted by atomic mass is 10.3. The first kappa shape index (κ1) is 14.5. The molecule has 0 aliphatic heterocycles. The highest BCUT2D eigenvalue weighted by Gasteiger charge is 2.17. The Bertz CT molecular complexity index is 418. The average Bonchev–Trinajstić information content (AvgIpc) is 2.88. The number of hydrogen-bond acceptors (Lipinski definition) is 4. The fourth-order valence-electron chi connectivity index (χ4n) is 2.51. The molecule has 0 unspecified atom stereocenters. The third kappa shape index (κ3) is 3.80. The smallest absolute Gasteiger partial charge is 0.224 e. The summed E-state index contributed by atoms with van der Waals surface area (Å²) in [6.45, 7) is 8.61. The Morgan fingerprint density at radius 2 is 2.00 bits per heavy atom. The molecule has 4 nitrogen and oxygen atoms in total. The summed E-state index contributed by atoms with van der Waals surface area (Å²) < 4.78 is 0. The Kier molecular flexibility index (Phi) is 5.40. The molecule has 19 heavy (non-hydrogen) atoms. The van der Waals surface area contributed by atoms with Crippen LogP contribution in [0.15, 0.2) is 0 Å². The number of hydrogen-bond donors (Lipinski definition) is 1. The van der Waals surface area contributed by atoms with E-state index in [1.54, 1.807) is 0 Å². The van der Waals surface area contributed by atoms with Crippen molar-refractivity contribution in [2.24, 2.45) is 0 Å². The summed E-state index contributed by atoms with van der Waals surface area (Å²) in [7, 11) is 0. The van der Waals surface area contributed by atoms with Gasteiger partial charge in [-0.1, -0.05) is 25.4 Å². The number of aromatic nitrogens is 2. The van der Waals surface area contributed by atoms with Gasteiger partial charge in [-0.25, -0.2) is 9.97 Å². The van der Waals surface area contributed by atoms with Gasteiger partial charge in [0.05, 0.1) is 5.69 Å². The molecule has 0 saturated carbocycles. The van der Waals surface area contributed by atoms with Crippen LogP contribution >= 0.6 is 11.6 Å². The molecule has 0 radical (unpaired) electrons. The van der Waals surface area contributed by atoms with Crippen molar-refractivity contribution in [3.8, 4) is 0 Å². The van der Waals surface area contributed by atoms with Crippen molar-refractivity contribution < 1.29 is 0 Å². The predicted molar refractivity (Wildman–Crippen MR) is 80.0 cm³/mol. The molecule has 0 amide bonds. The zero-order valence-electron chi connectivity index (χ0n) is 11.9. The van der Waals surface area contributed by atoms with Crippen molar-refractivity contribution in [2.75, 3.05) is 31.5 Å². The molecule has 0 aromatic carbocycles. The number of anilines is 1. The number of rotatable bonds is 7. The molecule has 0 saturated heterocycles. The molecule has 1 heterocycles. The second-order valence-corrected chi connectivity index (χ2v) is 5.28. The van der Waals surface area contributed by atoms with Gasteiger partial charge in [-0.05, 0) is 45.3 Å². The van der Waals surface area contributed by atoms with Crippen LogP contribution in [-0.2, 0) is 12.8 Å². The van der Waals surface area contributed by atoms with Gasteiger partial charge in [0, 0.05) is 12.1 Å². The number of aryl methyl sites for hydroxylation is 1. The lowest BCUT2D eigenvalue weighted by Crippen LogP contribution is -2.25. The van der Waals surface area contributed by atoms with E-state index >= 15 is 0 Å². The quantitative estimate of drug-likeness (QED) is 0.617. The van der Waals surface area contributed by atoms with Crippen molar-refractivity contribution in [3.05, 3.63) is 16.4 Å². The topological polar surface area (TPSA) is 41.0 Å². The van der Waals surface area contributed by atoms with Gasteiger partial charge in [-0.2, -0.15) is 0 Å². The summed E-state index contributed by atoms with van der Waals surface area (Å²) in [6.07, 6.45) is 4.30. The summed E-state index contributed by atoms with van der Waals surface area (Å²) in [5.41, 5.74) is 2.28. The Morgan fingerprint density at radius 1 is 1.21 bits per heavy atom. The minimum Gasteiger partial charge on any atom is -0.354 e. The first-order valence-corrected chi connectivity index (χ1v) is 7.63. The molecule has 0 atom stereocenters. The predicted octanol–water partition coefficient (Wildman–Crippen LogP) is 2.76. The van der Waals surface area contributed by atoms with E-state index in [4.69, 9.17) is 11.6 Å². The average molecular weight is 283 g/mol. The van der Waals surface area contributed by atoms with Crippen molar-refractivity contribution in [2.45, 2.75) is 39.5 Å². The zero-order valence-corrected chi connectivity index (χ0v) is 12.6. The highest BCUT2D eigenvalue weighted by molar-refractivity contribution is 6.30. The lowest BCUT2D eigenvalue weighted by Gasteiger charge is -2.17. The molecule has 2 rings (SSSR count). The van der Waals surface area contributed by atoms with Gasteiger partial charge in [-0.15, -0.1) is 0 Å². The normalized spacial score (nSPS) is 13.9. The molecular weight excluding hydrogens is 260 g/mol. The number of nitrogens with one attached hydrogen (secondary N) is 1. The number of halogens is 1. The van der Waals surface area contributed by atoms with Gasteiger partial charge in [0.25, 0.3) is 0 Å². The minimum atomic E-state index is 0.633. The molecule has 5 heteroatoms. The van der Waals surface area contributed by atoms with E-state index < -0.39 is 0 Å². The molecule has 1 aromatic heterocycles. The zero-order chi connectivity index (χ0) is 13.7. The van der Waals surface area contributed by atoms with Gasteiger partial charge in [0.2, 0.25) is 5.95 Å². The third-order valence-corrected chi connectivity index (χ3v) is 4.02. The SMILES string of the molecule is CCN(CC)CCCNc1nc(Cl)c2c(n1)CCC2. The molecular formula is C14H23ClN4. The Morgan fingerprint density at radius 3 is 2.74 bits per heavy atom. The van der Waals surface area contributed by atoms with E-state index in [1.165, 1.54) is 0 Å². The first-order valence-electron chi connectivity index (χ1n) is 7.26. The van der Waals surface area contributed by atoms with Crippen molar-refractivity contribution in [1.29, 1.82) is 0 Å². The van der Waals surface area contributed by atoms with Crippen LogP contribution in [0.4, 0.5) is 5.95 Å². The van der Waals surface area contributed by atoms with Crippen LogP contribution in [0.25, 0.3) is 0 Å². The van der Waals surface area contributed by atoms with Crippen LogP contribution in [0.5, 0.6) is 0 Å². The molecule has 1 aliphatic rings. The van der Waals surface area contributed by atoms with Crippen LogP contribution in [0.1, 0.15) is 37.9 Å². The molecule has 1 aliphatic carbocycles. The van der Waals surface area contributed by atoms with Crippen molar-refractivity contribution in [3.63, 3.8) is 0 Å². The van der Waals surface area contributed by atoms with Crippen LogP contribution < -0.4 is 5.32 Å². The van der Waals surface area contributed by atoms with Crippen LogP contribution in [0, 0.1) is 0 Å². The molecule has 1 aromatic rings. The summed E-state index contributed by atoms with van der Waals surface area (Å²) in [4.78, 5) is 11.3. The van der Waals surface area contributed by atoms with E-state index in [-0.39, 0.29) is 0 Å². The summed E-state index contributed by atoms with van der Waals surface area (Å²) in [5.74, 6) is 0.685. The fourth-order valence-corrected chi connectivity index (χ4v) is 2.79. The Balaban J connectivity index is 1.82. The van der Waals surface area contributed by atoms with E-state index in [0.717, 1.165) is 63.1 Å². The molecule has 0 spiro atoms. The highest BCUT2D eigenvalue weighted by Crippen LogP contribution is 2.26. The monoisotopic (exact) mass is 282 g/mol. The summed E-state index contributed by atoms with van der Waals surface area (Å²) in [5, 5.41) is 3.92. The van der Waals surface area contributed by atoms with E-state index in [9.17, 15) is 0 Å². The first-order chi connectivity index (χ1) is 9.24. The van der Waals surface area contributed by atoms with Gasteiger partial charge in [-0.3, -0.25) is 0 Å². The maximum Gasteiger partial charge on any atom is 0.224 e. The van der Waals surface area contributed by atoms with Crippen LogP contribution in [-0.4, -0.2) is 41.0 Å². The number of nitrogens with zero attached hydrogens (tertiary/aromatic N) is 3. The second kappa shape index (κ2) is 7.06. The maximum absolute atomic E-state index is 6.18.